The number of carbonyl (C=O) groups is 1. The predicted octanol–water partition coefficient (Wildman–Crippen LogP) is 1.72. The highest BCUT2D eigenvalue weighted by Crippen LogP contribution is 2.42. The van der Waals surface area contributed by atoms with E-state index >= 15 is 0 Å². The van der Waals surface area contributed by atoms with E-state index in [-0.39, 0.29) is 17.2 Å². The Morgan fingerprint density at radius 3 is 2.28 bits per heavy atom. The Hall–Kier alpha value is -0.260. The molecule has 1 saturated carbocycles. The van der Waals surface area contributed by atoms with Crippen LogP contribution >= 0.6 is 11.8 Å². The predicted molar refractivity (Wildman–Crippen MR) is 75.0 cm³/mol. The van der Waals surface area contributed by atoms with Crippen molar-refractivity contribution in [1.29, 1.82) is 0 Å². The van der Waals surface area contributed by atoms with Gasteiger partial charge in [0.1, 0.15) is 5.54 Å². The van der Waals surface area contributed by atoms with Crippen molar-refractivity contribution in [3.63, 3.8) is 0 Å². The number of aliphatic hydroxyl groups excluding tert-OH is 1. The minimum atomic E-state index is -0.831. The van der Waals surface area contributed by atoms with Crippen molar-refractivity contribution in [2.45, 2.75) is 63.5 Å². The lowest BCUT2D eigenvalue weighted by atomic mass is 9.94. The van der Waals surface area contributed by atoms with Gasteiger partial charge in [-0.3, -0.25) is 10.1 Å². The van der Waals surface area contributed by atoms with E-state index in [1.807, 2.05) is 20.8 Å². The summed E-state index contributed by atoms with van der Waals surface area (Å²) in [6.45, 7) is 7.63. The highest BCUT2D eigenvalue weighted by molar-refractivity contribution is 8.00. The topological polar surface area (TPSA) is 69.6 Å². The normalized spacial score (nSPS) is 22.6. The van der Waals surface area contributed by atoms with E-state index in [9.17, 15) is 15.0 Å². The van der Waals surface area contributed by atoms with Gasteiger partial charge in [-0.1, -0.05) is 6.92 Å². The van der Waals surface area contributed by atoms with E-state index in [0.29, 0.717) is 5.75 Å². The largest absolute Gasteiger partial charge is 0.480 e. The third-order valence-electron chi connectivity index (χ3n) is 3.46. The molecule has 106 valence electrons. The number of hydrogen-bond acceptors (Lipinski definition) is 4. The van der Waals surface area contributed by atoms with Crippen molar-refractivity contribution in [3.8, 4) is 0 Å². The molecule has 3 atom stereocenters. The molecule has 3 N–H and O–H groups in total. The molecule has 0 radical (unpaired) electrons. The number of rotatable bonds is 8. The summed E-state index contributed by atoms with van der Waals surface area (Å²) in [5.41, 5.74) is -0.831. The zero-order valence-electron chi connectivity index (χ0n) is 11.6. The van der Waals surface area contributed by atoms with Crippen LogP contribution in [0.1, 0.15) is 40.5 Å². The Bertz CT molecular complexity index is 292. The zero-order valence-corrected chi connectivity index (χ0v) is 12.5. The molecule has 0 spiro atoms. The monoisotopic (exact) mass is 275 g/mol. The van der Waals surface area contributed by atoms with E-state index < -0.39 is 17.6 Å². The highest BCUT2D eigenvalue weighted by Gasteiger charge is 2.51. The number of thioether (sulfide) groups is 1. The average Bonchev–Trinajstić information content (AvgIpc) is 3.06. The molecule has 1 rings (SSSR count). The Morgan fingerprint density at radius 1 is 1.39 bits per heavy atom. The molecule has 1 aliphatic rings. The van der Waals surface area contributed by atoms with Gasteiger partial charge in [-0.2, -0.15) is 11.8 Å². The number of aliphatic carboxylic acids is 1. The summed E-state index contributed by atoms with van der Waals surface area (Å²) in [6, 6.07) is 0.143. The van der Waals surface area contributed by atoms with Crippen LogP contribution in [0, 0.1) is 5.92 Å². The minimum absolute atomic E-state index is 0.0523. The lowest BCUT2D eigenvalue weighted by Gasteiger charge is -2.33. The molecule has 0 bridgehead atoms. The quantitative estimate of drug-likeness (QED) is 0.629. The second kappa shape index (κ2) is 6.26. The number of carboxylic acids is 1. The Kier molecular flexibility index (Phi) is 5.49. The van der Waals surface area contributed by atoms with Gasteiger partial charge in [-0.15, -0.1) is 0 Å². The molecule has 0 aromatic rings. The summed E-state index contributed by atoms with van der Waals surface area (Å²) < 4.78 is 0. The van der Waals surface area contributed by atoms with Crippen LogP contribution in [-0.4, -0.2) is 44.9 Å². The molecule has 0 aromatic carbocycles. The first-order valence-corrected chi connectivity index (χ1v) is 7.65. The molecular weight excluding hydrogens is 250 g/mol. The number of aliphatic hydroxyl groups is 1. The lowest BCUT2D eigenvalue weighted by Crippen LogP contribution is -2.58. The summed E-state index contributed by atoms with van der Waals surface area (Å²) in [6.07, 6.45) is 1.55. The van der Waals surface area contributed by atoms with Gasteiger partial charge < -0.3 is 10.2 Å². The Balaban J connectivity index is 2.73. The molecule has 18 heavy (non-hydrogen) atoms. The van der Waals surface area contributed by atoms with Crippen molar-refractivity contribution >= 4 is 17.7 Å². The molecular formula is C13H25NO3S. The lowest BCUT2D eigenvalue weighted by molar-refractivity contribution is -0.145. The van der Waals surface area contributed by atoms with Crippen LogP contribution in [-0.2, 0) is 4.79 Å². The Labute approximate surface area is 114 Å². The van der Waals surface area contributed by atoms with E-state index in [0.717, 1.165) is 12.8 Å². The summed E-state index contributed by atoms with van der Waals surface area (Å²) in [5, 5.41) is 22.4. The van der Waals surface area contributed by atoms with E-state index in [2.05, 4.69) is 5.32 Å². The first-order chi connectivity index (χ1) is 8.29. The van der Waals surface area contributed by atoms with Gasteiger partial charge in [0.2, 0.25) is 0 Å². The van der Waals surface area contributed by atoms with Crippen LogP contribution in [0.25, 0.3) is 0 Å². The molecule has 5 heteroatoms. The van der Waals surface area contributed by atoms with Gasteiger partial charge in [0.05, 0.1) is 6.10 Å². The van der Waals surface area contributed by atoms with E-state index in [1.54, 1.807) is 6.92 Å². The summed E-state index contributed by atoms with van der Waals surface area (Å²) in [4.78, 5) is 11.7. The SMILES string of the molecule is CC(C)NC(CSC(C)C(C)O)(C(=O)O)C1CC1. The maximum absolute atomic E-state index is 11.7. The summed E-state index contributed by atoms with van der Waals surface area (Å²) in [5.74, 6) is -0.0212. The van der Waals surface area contributed by atoms with Crippen LogP contribution in [0.5, 0.6) is 0 Å². The third-order valence-corrected chi connectivity index (χ3v) is 5.00. The van der Waals surface area contributed by atoms with Gasteiger partial charge in [-0.25, -0.2) is 0 Å². The maximum Gasteiger partial charge on any atom is 0.325 e. The van der Waals surface area contributed by atoms with Crippen LogP contribution in [0.15, 0.2) is 0 Å². The van der Waals surface area contributed by atoms with Gasteiger partial charge >= 0.3 is 5.97 Å². The number of carboxylic acid groups (broad SMARTS) is 1. The van der Waals surface area contributed by atoms with Crippen molar-refractivity contribution < 1.29 is 15.0 Å². The maximum atomic E-state index is 11.7. The van der Waals surface area contributed by atoms with Crippen LogP contribution in [0.3, 0.4) is 0 Å². The van der Waals surface area contributed by atoms with Crippen molar-refractivity contribution in [3.05, 3.63) is 0 Å². The molecule has 1 fully saturated rings. The molecule has 0 amide bonds. The first kappa shape index (κ1) is 15.8. The van der Waals surface area contributed by atoms with Crippen molar-refractivity contribution in [1.82, 2.24) is 5.32 Å². The number of hydrogen-bond donors (Lipinski definition) is 3. The summed E-state index contributed by atoms with van der Waals surface area (Å²) in [7, 11) is 0. The third kappa shape index (κ3) is 3.87. The fourth-order valence-electron chi connectivity index (χ4n) is 2.07. The van der Waals surface area contributed by atoms with Crippen LogP contribution in [0.4, 0.5) is 0 Å². The average molecular weight is 275 g/mol. The van der Waals surface area contributed by atoms with Gasteiger partial charge in [0.15, 0.2) is 0 Å². The van der Waals surface area contributed by atoms with Gasteiger partial charge in [0, 0.05) is 17.0 Å². The molecule has 4 nitrogen and oxygen atoms in total. The fourth-order valence-corrected chi connectivity index (χ4v) is 3.32. The zero-order chi connectivity index (χ0) is 13.9. The van der Waals surface area contributed by atoms with Crippen LogP contribution in [0.2, 0.25) is 0 Å². The van der Waals surface area contributed by atoms with E-state index in [1.165, 1.54) is 11.8 Å². The number of nitrogens with one attached hydrogen (secondary N) is 1. The summed E-state index contributed by atoms with van der Waals surface area (Å²) >= 11 is 1.54. The smallest absolute Gasteiger partial charge is 0.325 e. The molecule has 0 aromatic heterocycles. The standard InChI is InChI=1S/C13H25NO3S/c1-8(2)14-13(12(16)17,11-5-6-11)7-18-10(4)9(3)15/h8-11,14-15H,5-7H2,1-4H3,(H,16,17). The van der Waals surface area contributed by atoms with E-state index in [4.69, 9.17) is 0 Å². The molecule has 1 aliphatic carbocycles. The highest BCUT2D eigenvalue weighted by atomic mass is 32.2. The molecule has 0 heterocycles. The molecule has 3 unspecified atom stereocenters. The second-order valence-corrected chi connectivity index (χ2v) is 6.97. The Morgan fingerprint density at radius 2 is 1.94 bits per heavy atom. The first-order valence-electron chi connectivity index (χ1n) is 6.60. The van der Waals surface area contributed by atoms with Gasteiger partial charge in [0.25, 0.3) is 0 Å². The fraction of sp³-hybridized carbons (Fsp3) is 0.923. The second-order valence-electron chi connectivity index (χ2n) is 5.61. The molecule has 0 aliphatic heterocycles. The van der Waals surface area contributed by atoms with Crippen LogP contribution < -0.4 is 5.32 Å². The van der Waals surface area contributed by atoms with Crippen molar-refractivity contribution in [2.75, 3.05) is 5.75 Å². The molecule has 0 saturated heterocycles. The minimum Gasteiger partial charge on any atom is -0.480 e. The van der Waals surface area contributed by atoms with Crippen molar-refractivity contribution in [2.24, 2.45) is 5.92 Å². The van der Waals surface area contributed by atoms with Gasteiger partial charge in [-0.05, 0) is 39.5 Å².